The molecule has 0 bridgehead atoms. The van der Waals surface area contributed by atoms with Gasteiger partial charge in [0, 0.05) is 76.7 Å². The molecule has 0 fully saturated rings. The molecule has 0 aliphatic rings. The summed E-state index contributed by atoms with van der Waals surface area (Å²) < 4.78 is 9.42. The van der Waals surface area contributed by atoms with E-state index in [4.69, 9.17) is 29.9 Å². The van der Waals surface area contributed by atoms with Crippen LogP contribution < -0.4 is 0 Å². The zero-order valence-electron chi connectivity index (χ0n) is 49.3. The molecule has 10 nitrogen and oxygen atoms in total. The first kappa shape index (κ1) is 51.4. The van der Waals surface area contributed by atoms with E-state index in [-0.39, 0.29) is 0 Å². The number of hydrogen-bond donors (Lipinski definition) is 0. The van der Waals surface area contributed by atoms with Crippen LogP contribution in [0, 0.1) is 0 Å². The Morgan fingerprint density at radius 3 is 1.08 bits per heavy atom. The fourth-order valence-corrected chi connectivity index (χ4v) is 14.2. The van der Waals surface area contributed by atoms with E-state index in [9.17, 15) is 0 Å². The van der Waals surface area contributed by atoms with E-state index < -0.39 is 0 Å². The van der Waals surface area contributed by atoms with Crippen molar-refractivity contribution < 1.29 is 0 Å². The third kappa shape index (κ3) is 7.87. The van der Waals surface area contributed by atoms with Gasteiger partial charge in [0.2, 0.25) is 0 Å². The number of benzene rings is 12. The summed E-state index contributed by atoms with van der Waals surface area (Å²) in [4.78, 5) is 30.6. The molecular weight excluding hydrogens is 1120 g/mol. The summed E-state index contributed by atoms with van der Waals surface area (Å²) in [7, 11) is 0. The molecule has 0 aliphatic carbocycles. The van der Waals surface area contributed by atoms with Crippen molar-refractivity contribution >= 4 is 121 Å². The maximum absolute atomic E-state index is 5.18. The van der Waals surface area contributed by atoms with Gasteiger partial charge in [-0.15, -0.1) is 0 Å². The van der Waals surface area contributed by atoms with Crippen molar-refractivity contribution in [3.63, 3.8) is 0 Å². The number of fused-ring (bicyclic) bond motifs is 22. The number of para-hydroxylation sites is 8. The van der Waals surface area contributed by atoms with Crippen molar-refractivity contribution in [3.8, 4) is 56.7 Å². The normalized spacial score (nSPS) is 11.9. The standard InChI is InChI=1S/2C41H25N5/c1-2-13-26(14-3-1)38-31-19-6-8-21-33(31)42-39(44-38)27-15-12-16-28(25-27)45-35-23-10-7-20-32(35)37-29-17-4-5-18-30(29)40-43-34-22-9-11-24-36(34)46(40)41(37)45;1-2-12-26(13-3-1)38-31-16-6-8-18-33(31)42-39(44-38)27-22-24-28(25-23-27)45-35-20-10-7-17-32(35)37-29-14-4-5-15-30(29)40-43-34-19-9-11-21-36(34)46(40)41(37)45/h2*1-25H. The summed E-state index contributed by atoms with van der Waals surface area (Å²) in [5.41, 5.74) is 20.4. The van der Waals surface area contributed by atoms with Crippen LogP contribution >= 0.6 is 0 Å². The van der Waals surface area contributed by atoms with Crippen molar-refractivity contribution in [2.24, 2.45) is 0 Å². The van der Waals surface area contributed by atoms with Crippen LogP contribution in [0.5, 0.6) is 0 Å². The van der Waals surface area contributed by atoms with Crippen LogP contribution in [0.4, 0.5) is 0 Å². The molecule has 0 N–H and O–H groups in total. The van der Waals surface area contributed by atoms with E-state index in [0.717, 1.165) is 133 Å². The third-order valence-corrected chi connectivity index (χ3v) is 18.2. The fourth-order valence-electron chi connectivity index (χ4n) is 14.2. The number of nitrogens with zero attached hydrogens (tertiary/aromatic N) is 10. The van der Waals surface area contributed by atoms with Crippen LogP contribution in [0.15, 0.2) is 303 Å². The lowest BCUT2D eigenvalue weighted by Crippen LogP contribution is -2.01. The third-order valence-electron chi connectivity index (χ3n) is 18.2. The van der Waals surface area contributed by atoms with Gasteiger partial charge in [0.1, 0.15) is 22.6 Å². The van der Waals surface area contributed by atoms with Crippen molar-refractivity contribution in [1.29, 1.82) is 0 Å². The molecule has 0 aliphatic heterocycles. The summed E-state index contributed by atoms with van der Waals surface area (Å²) in [6.07, 6.45) is 0. The Kier molecular flexibility index (Phi) is 11.4. The van der Waals surface area contributed by atoms with Gasteiger partial charge in [-0.25, -0.2) is 29.9 Å². The van der Waals surface area contributed by atoms with E-state index in [0.29, 0.717) is 11.6 Å². The first-order chi connectivity index (χ1) is 45.7. The molecule has 20 aromatic rings. The Morgan fingerprint density at radius 1 is 0.217 bits per heavy atom. The first-order valence-corrected chi connectivity index (χ1v) is 30.9. The molecule has 8 aromatic heterocycles. The predicted octanol–water partition coefficient (Wildman–Crippen LogP) is 20.0. The topological polar surface area (TPSA) is 96.0 Å². The SMILES string of the molecule is c1ccc(-c2nc(-c3ccc(-n4c5ccccc5c5c6ccccc6c6nc7ccccc7n6c54)cc3)nc3ccccc23)cc1.c1ccc(-c2nc(-c3cccc(-n4c5ccccc5c5c6ccccc6c6nc7ccccc7n6c54)c3)nc3ccccc23)cc1. The molecule has 0 unspecified atom stereocenters. The number of rotatable bonds is 6. The van der Waals surface area contributed by atoms with Crippen LogP contribution in [0.2, 0.25) is 0 Å². The van der Waals surface area contributed by atoms with Gasteiger partial charge >= 0.3 is 0 Å². The number of pyridine rings is 2. The summed E-state index contributed by atoms with van der Waals surface area (Å²) in [5.74, 6) is 1.41. The van der Waals surface area contributed by atoms with Crippen molar-refractivity contribution in [1.82, 2.24) is 47.8 Å². The molecule has 0 saturated carbocycles. The highest BCUT2D eigenvalue weighted by atomic mass is 15.1. The molecule has 0 saturated heterocycles. The van der Waals surface area contributed by atoms with Crippen LogP contribution in [-0.4, -0.2) is 47.8 Å². The zero-order valence-corrected chi connectivity index (χ0v) is 49.3. The molecule has 428 valence electrons. The molecule has 92 heavy (non-hydrogen) atoms. The van der Waals surface area contributed by atoms with Crippen LogP contribution in [-0.2, 0) is 0 Å². The highest BCUT2D eigenvalue weighted by Gasteiger charge is 2.25. The Morgan fingerprint density at radius 2 is 0.587 bits per heavy atom. The zero-order chi connectivity index (χ0) is 60.4. The van der Waals surface area contributed by atoms with Crippen LogP contribution in [0.1, 0.15) is 0 Å². The maximum Gasteiger partial charge on any atom is 0.160 e. The second kappa shape index (κ2) is 20.5. The number of hydrogen-bond acceptors (Lipinski definition) is 6. The molecule has 12 aromatic carbocycles. The molecule has 0 amide bonds. The molecule has 0 radical (unpaired) electrons. The fraction of sp³-hybridized carbons (Fsp3) is 0. The summed E-state index contributed by atoms with van der Waals surface area (Å²) in [6.45, 7) is 0. The number of aromatic nitrogens is 10. The van der Waals surface area contributed by atoms with Crippen molar-refractivity contribution in [2.45, 2.75) is 0 Å². The predicted molar refractivity (Wildman–Crippen MR) is 377 cm³/mol. The second-order valence-electron chi connectivity index (χ2n) is 23.4. The van der Waals surface area contributed by atoms with Gasteiger partial charge < -0.3 is 0 Å². The average Bonchev–Trinajstić information content (AvgIpc) is 1.54. The molecule has 8 heterocycles. The molecule has 0 atom stereocenters. The Hall–Kier alpha value is -12.7. The minimum Gasteiger partial charge on any atom is -0.295 e. The highest BCUT2D eigenvalue weighted by molar-refractivity contribution is 6.25. The lowest BCUT2D eigenvalue weighted by molar-refractivity contribution is 1.11. The van der Waals surface area contributed by atoms with Gasteiger partial charge in [-0.2, -0.15) is 0 Å². The van der Waals surface area contributed by atoms with E-state index in [1.807, 2.05) is 36.4 Å². The quantitative estimate of drug-likeness (QED) is 0.165. The Bertz CT molecular complexity index is 6380. The lowest BCUT2D eigenvalue weighted by atomic mass is 10.1. The van der Waals surface area contributed by atoms with Crippen LogP contribution in [0.3, 0.4) is 0 Å². The minimum absolute atomic E-state index is 0.698. The van der Waals surface area contributed by atoms with Crippen LogP contribution in [0.25, 0.3) is 177 Å². The Labute approximate surface area is 525 Å². The number of imidazole rings is 2. The van der Waals surface area contributed by atoms with E-state index >= 15 is 0 Å². The molecule has 10 heteroatoms. The van der Waals surface area contributed by atoms with Crippen molar-refractivity contribution in [2.75, 3.05) is 0 Å². The summed E-state index contributed by atoms with van der Waals surface area (Å²) in [5, 5.41) is 11.6. The van der Waals surface area contributed by atoms with Gasteiger partial charge in [0.15, 0.2) is 11.6 Å². The monoisotopic (exact) mass is 1170 g/mol. The molecule has 20 rings (SSSR count). The van der Waals surface area contributed by atoms with E-state index in [1.165, 1.54) is 32.3 Å². The second-order valence-corrected chi connectivity index (χ2v) is 23.4. The lowest BCUT2D eigenvalue weighted by Gasteiger charge is -2.13. The molecule has 0 spiro atoms. The summed E-state index contributed by atoms with van der Waals surface area (Å²) >= 11 is 0. The largest absolute Gasteiger partial charge is 0.295 e. The maximum atomic E-state index is 5.18. The summed E-state index contributed by atoms with van der Waals surface area (Å²) in [6, 6.07) is 106. The average molecular weight is 1180 g/mol. The first-order valence-electron chi connectivity index (χ1n) is 30.9. The van der Waals surface area contributed by atoms with Crippen molar-refractivity contribution in [3.05, 3.63) is 303 Å². The highest BCUT2D eigenvalue weighted by Crippen LogP contribution is 2.43. The Balaban J connectivity index is 0.000000132. The van der Waals surface area contributed by atoms with Gasteiger partial charge in [-0.3, -0.25) is 17.9 Å². The van der Waals surface area contributed by atoms with E-state index in [2.05, 4.69) is 285 Å². The van der Waals surface area contributed by atoms with Gasteiger partial charge in [0.25, 0.3) is 0 Å². The van der Waals surface area contributed by atoms with Gasteiger partial charge in [-0.1, -0.05) is 218 Å². The molecular formula is C82H50N10. The minimum atomic E-state index is 0.698. The van der Waals surface area contributed by atoms with Gasteiger partial charge in [0.05, 0.1) is 55.5 Å². The van der Waals surface area contributed by atoms with E-state index in [1.54, 1.807) is 0 Å². The smallest absolute Gasteiger partial charge is 0.160 e. The van der Waals surface area contributed by atoms with Gasteiger partial charge in [-0.05, 0) is 95.7 Å².